The van der Waals surface area contributed by atoms with Gasteiger partial charge in [0.15, 0.2) is 17.5 Å². The number of nitrogens with one attached hydrogen (secondary N) is 1. The molecule has 0 spiro atoms. The predicted molar refractivity (Wildman–Crippen MR) is 89.6 cm³/mol. The van der Waals surface area contributed by atoms with E-state index in [2.05, 4.69) is 15.5 Å². The summed E-state index contributed by atoms with van der Waals surface area (Å²) in [6, 6.07) is 2.72. The third-order valence-electron chi connectivity index (χ3n) is 3.92. The molecule has 0 aliphatic heterocycles. The SMILES string of the molecule is Cc1cnc(Nc2c(/C=N/OCC3CC3)cc(F)c(F)c2F)c(C)c1. The highest BCUT2D eigenvalue weighted by Crippen LogP contribution is 2.30. The molecule has 1 aromatic carbocycles. The standard InChI is InChI=1S/C18H18F3N3O/c1-10-5-11(2)18(22-7-10)24-17-13(6-14(19)15(20)16(17)21)8-23-25-9-12-3-4-12/h5-8,12H,3-4,9H2,1-2H3,(H,22,24)/b23-8+. The van der Waals surface area contributed by atoms with Crippen LogP contribution in [0.25, 0.3) is 0 Å². The van der Waals surface area contributed by atoms with Crippen molar-refractivity contribution >= 4 is 17.7 Å². The number of halogens is 3. The van der Waals surface area contributed by atoms with Crippen LogP contribution in [-0.2, 0) is 4.84 Å². The summed E-state index contributed by atoms with van der Waals surface area (Å²) in [6.07, 6.45) is 4.96. The Bertz CT molecular complexity index is 820. The number of nitrogens with zero attached hydrogens (tertiary/aromatic N) is 2. The molecule has 132 valence electrons. The number of benzene rings is 1. The number of anilines is 2. The molecule has 0 saturated heterocycles. The average Bonchev–Trinajstić information content (AvgIpc) is 3.39. The highest BCUT2D eigenvalue weighted by molar-refractivity contribution is 5.89. The van der Waals surface area contributed by atoms with Crippen LogP contribution in [0.2, 0.25) is 0 Å². The molecule has 25 heavy (non-hydrogen) atoms. The second-order valence-corrected chi connectivity index (χ2v) is 6.23. The second-order valence-electron chi connectivity index (χ2n) is 6.23. The maximum absolute atomic E-state index is 14.3. The van der Waals surface area contributed by atoms with Crippen LogP contribution in [0, 0.1) is 37.2 Å². The van der Waals surface area contributed by atoms with Gasteiger partial charge >= 0.3 is 0 Å². The van der Waals surface area contributed by atoms with E-state index in [-0.39, 0.29) is 11.3 Å². The number of aromatic nitrogens is 1. The Morgan fingerprint density at radius 3 is 2.68 bits per heavy atom. The Morgan fingerprint density at radius 2 is 2.00 bits per heavy atom. The van der Waals surface area contributed by atoms with Gasteiger partial charge in [-0.1, -0.05) is 11.2 Å². The zero-order chi connectivity index (χ0) is 18.0. The molecule has 1 fully saturated rings. The van der Waals surface area contributed by atoms with E-state index >= 15 is 0 Å². The van der Waals surface area contributed by atoms with Crippen LogP contribution in [0.1, 0.15) is 29.5 Å². The summed E-state index contributed by atoms with van der Waals surface area (Å²) >= 11 is 0. The fourth-order valence-corrected chi connectivity index (χ4v) is 2.33. The average molecular weight is 349 g/mol. The molecule has 0 radical (unpaired) electrons. The lowest BCUT2D eigenvalue weighted by Crippen LogP contribution is -2.06. The van der Waals surface area contributed by atoms with E-state index in [9.17, 15) is 13.2 Å². The van der Waals surface area contributed by atoms with Crippen LogP contribution in [0.3, 0.4) is 0 Å². The summed E-state index contributed by atoms with van der Waals surface area (Å²) in [6.45, 7) is 4.12. The molecule has 4 nitrogen and oxygen atoms in total. The van der Waals surface area contributed by atoms with E-state index < -0.39 is 17.5 Å². The first-order valence-electron chi connectivity index (χ1n) is 7.98. The number of aryl methyl sites for hydroxylation is 2. The molecule has 0 bridgehead atoms. The summed E-state index contributed by atoms with van der Waals surface area (Å²) < 4.78 is 41.5. The normalized spacial score (nSPS) is 14.1. The predicted octanol–water partition coefficient (Wildman–Crippen LogP) is 4.62. The van der Waals surface area contributed by atoms with Gasteiger partial charge in [0.1, 0.15) is 12.4 Å². The van der Waals surface area contributed by atoms with Crippen molar-refractivity contribution in [3.63, 3.8) is 0 Å². The number of pyridine rings is 1. The van der Waals surface area contributed by atoms with E-state index in [1.54, 1.807) is 13.1 Å². The third kappa shape index (κ3) is 4.10. The zero-order valence-electron chi connectivity index (χ0n) is 13.9. The monoisotopic (exact) mass is 349 g/mol. The van der Waals surface area contributed by atoms with Gasteiger partial charge in [0.25, 0.3) is 0 Å². The number of hydrogen-bond donors (Lipinski definition) is 1. The van der Waals surface area contributed by atoms with Crippen molar-refractivity contribution in [2.45, 2.75) is 26.7 Å². The third-order valence-corrected chi connectivity index (χ3v) is 3.92. The van der Waals surface area contributed by atoms with Gasteiger partial charge in [-0.15, -0.1) is 0 Å². The Morgan fingerprint density at radius 1 is 1.24 bits per heavy atom. The summed E-state index contributed by atoms with van der Waals surface area (Å²) in [5.41, 5.74) is 1.48. The first-order chi connectivity index (χ1) is 12.0. The van der Waals surface area contributed by atoms with E-state index in [0.29, 0.717) is 18.3 Å². The lowest BCUT2D eigenvalue weighted by Gasteiger charge is -2.13. The first-order valence-corrected chi connectivity index (χ1v) is 7.98. The van der Waals surface area contributed by atoms with Crippen LogP contribution in [0.15, 0.2) is 23.5 Å². The lowest BCUT2D eigenvalue weighted by molar-refractivity contribution is 0.135. The summed E-state index contributed by atoms with van der Waals surface area (Å²) in [5.74, 6) is -3.33. The molecule has 1 saturated carbocycles. The number of rotatable bonds is 6. The minimum Gasteiger partial charge on any atom is -0.396 e. The minimum absolute atomic E-state index is 0.0361. The molecule has 1 N–H and O–H groups in total. The largest absolute Gasteiger partial charge is 0.396 e. The fraction of sp³-hybridized carbons (Fsp3) is 0.333. The van der Waals surface area contributed by atoms with Crippen molar-refractivity contribution in [2.75, 3.05) is 11.9 Å². The van der Waals surface area contributed by atoms with E-state index in [1.807, 2.05) is 13.0 Å². The van der Waals surface area contributed by atoms with Crippen molar-refractivity contribution in [1.82, 2.24) is 4.98 Å². The molecule has 1 heterocycles. The molecule has 1 aliphatic rings. The van der Waals surface area contributed by atoms with Crippen molar-refractivity contribution < 1.29 is 18.0 Å². The Balaban J connectivity index is 1.90. The van der Waals surface area contributed by atoms with Gasteiger partial charge in [0, 0.05) is 11.8 Å². The van der Waals surface area contributed by atoms with Gasteiger partial charge in [-0.2, -0.15) is 0 Å². The minimum atomic E-state index is -1.55. The molecular weight excluding hydrogens is 331 g/mol. The second kappa shape index (κ2) is 7.13. The van der Waals surface area contributed by atoms with Gasteiger partial charge in [0.2, 0.25) is 0 Å². The van der Waals surface area contributed by atoms with E-state index in [0.717, 1.165) is 30.0 Å². The molecule has 0 unspecified atom stereocenters. The van der Waals surface area contributed by atoms with Gasteiger partial charge in [-0.05, 0) is 49.8 Å². The van der Waals surface area contributed by atoms with Gasteiger partial charge < -0.3 is 10.2 Å². The van der Waals surface area contributed by atoms with E-state index in [1.165, 1.54) is 6.21 Å². The molecule has 7 heteroatoms. The molecule has 1 aromatic heterocycles. The number of oxime groups is 1. The maximum Gasteiger partial charge on any atom is 0.196 e. The molecule has 1 aliphatic carbocycles. The fourth-order valence-electron chi connectivity index (χ4n) is 2.33. The van der Waals surface area contributed by atoms with Crippen LogP contribution < -0.4 is 5.32 Å². The Kier molecular flexibility index (Phi) is 4.92. The van der Waals surface area contributed by atoms with Gasteiger partial charge in [0.05, 0.1) is 11.9 Å². The van der Waals surface area contributed by atoms with Crippen LogP contribution >= 0.6 is 0 Å². The summed E-state index contributed by atoms with van der Waals surface area (Å²) in [5, 5.41) is 6.46. The molecule has 3 rings (SSSR count). The van der Waals surface area contributed by atoms with Crippen LogP contribution in [0.4, 0.5) is 24.7 Å². The molecule has 0 amide bonds. The molecule has 0 atom stereocenters. The van der Waals surface area contributed by atoms with Gasteiger partial charge in [-0.25, -0.2) is 18.2 Å². The maximum atomic E-state index is 14.3. The van der Waals surface area contributed by atoms with Gasteiger partial charge in [-0.3, -0.25) is 0 Å². The van der Waals surface area contributed by atoms with Crippen molar-refractivity contribution in [3.8, 4) is 0 Å². The van der Waals surface area contributed by atoms with Crippen molar-refractivity contribution in [1.29, 1.82) is 0 Å². The highest BCUT2D eigenvalue weighted by atomic mass is 19.2. The quantitative estimate of drug-likeness (QED) is 0.470. The summed E-state index contributed by atoms with van der Waals surface area (Å²) in [4.78, 5) is 9.27. The Hall–Kier alpha value is -2.57. The van der Waals surface area contributed by atoms with Crippen molar-refractivity contribution in [3.05, 3.63) is 52.5 Å². The highest BCUT2D eigenvalue weighted by Gasteiger charge is 2.22. The molecule has 2 aromatic rings. The molecular formula is C18H18F3N3O. The topological polar surface area (TPSA) is 46.5 Å². The smallest absolute Gasteiger partial charge is 0.196 e. The van der Waals surface area contributed by atoms with Crippen LogP contribution in [-0.4, -0.2) is 17.8 Å². The Labute approximate surface area is 143 Å². The van der Waals surface area contributed by atoms with Crippen LogP contribution in [0.5, 0.6) is 0 Å². The first kappa shape index (κ1) is 17.3. The van der Waals surface area contributed by atoms with E-state index in [4.69, 9.17) is 4.84 Å². The van der Waals surface area contributed by atoms with Crippen molar-refractivity contribution in [2.24, 2.45) is 11.1 Å². The lowest BCUT2D eigenvalue weighted by atomic mass is 10.1. The summed E-state index contributed by atoms with van der Waals surface area (Å²) in [7, 11) is 0. The number of hydrogen-bond acceptors (Lipinski definition) is 4. The zero-order valence-corrected chi connectivity index (χ0v) is 13.9.